The van der Waals surface area contributed by atoms with Gasteiger partial charge in [-0.3, -0.25) is 9.59 Å². The van der Waals surface area contributed by atoms with Crippen LogP contribution in [0, 0.1) is 5.92 Å². The van der Waals surface area contributed by atoms with Crippen LogP contribution in [0.1, 0.15) is 51.9 Å². The quantitative estimate of drug-likeness (QED) is 0.645. The first-order valence-electron chi connectivity index (χ1n) is 11.7. The molecule has 1 aliphatic carbocycles. The highest BCUT2D eigenvalue weighted by Crippen LogP contribution is 2.40. The molecule has 178 valence electrons. The number of Topliss-reactive ketones (excluding diaryl/α,β-unsaturated/α-hetero) is 1. The number of nitrogens with one attached hydrogen (secondary N) is 1. The van der Waals surface area contributed by atoms with E-state index in [1.165, 1.54) is 6.20 Å². The SMILES string of the molecule is C[C@@H]1CCC(=O)N(C[C@@H](N)CC(=O)C2CC3=C(CN2)C(C(F)(F)F)=CN(C2CCC2)C3)C1. The second-order valence-corrected chi connectivity index (χ2v) is 9.89. The Balaban J connectivity index is 1.39. The highest BCUT2D eigenvalue weighted by Gasteiger charge is 2.43. The van der Waals surface area contributed by atoms with Crippen LogP contribution < -0.4 is 11.1 Å². The number of nitrogens with two attached hydrogens (primary N) is 1. The molecular formula is C23H33F3N4O2. The van der Waals surface area contributed by atoms with E-state index >= 15 is 0 Å². The lowest BCUT2D eigenvalue weighted by Gasteiger charge is -2.43. The average Bonchev–Trinajstić information content (AvgIpc) is 2.67. The number of carbonyl (C=O) groups excluding carboxylic acids is 2. The summed E-state index contributed by atoms with van der Waals surface area (Å²) in [5.74, 6) is 0.392. The Bertz CT molecular complexity index is 819. The van der Waals surface area contributed by atoms with Crippen LogP contribution >= 0.6 is 0 Å². The van der Waals surface area contributed by atoms with Crippen molar-refractivity contribution in [3.8, 4) is 0 Å². The molecule has 3 atom stereocenters. The van der Waals surface area contributed by atoms with Crippen molar-refractivity contribution < 1.29 is 22.8 Å². The van der Waals surface area contributed by atoms with Crippen molar-refractivity contribution in [2.45, 2.75) is 76.2 Å². The number of carbonyl (C=O) groups is 2. The topological polar surface area (TPSA) is 78.7 Å². The summed E-state index contributed by atoms with van der Waals surface area (Å²) in [6.45, 7) is 3.58. The van der Waals surface area contributed by atoms with E-state index < -0.39 is 23.8 Å². The number of rotatable bonds is 6. The van der Waals surface area contributed by atoms with Crippen molar-refractivity contribution in [1.82, 2.24) is 15.1 Å². The van der Waals surface area contributed by atoms with Crippen LogP contribution in [0.25, 0.3) is 0 Å². The highest BCUT2D eigenvalue weighted by molar-refractivity contribution is 5.85. The number of nitrogens with zero attached hydrogens (tertiary/aromatic N) is 2. The van der Waals surface area contributed by atoms with Gasteiger partial charge in [0.1, 0.15) is 0 Å². The van der Waals surface area contributed by atoms with Gasteiger partial charge in [0.05, 0.1) is 11.6 Å². The minimum absolute atomic E-state index is 0.0347. The van der Waals surface area contributed by atoms with Gasteiger partial charge < -0.3 is 20.9 Å². The van der Waals surface area contributed by atoms with Crippen LogP contribution in [-0.4, -0.2) is 72.0 Å². The highest BCUT2D eigenvalue weighted by atomic mass is 19.4. The van der Waals surface area contributed by atoms with Gasteiger partial charge >= 0.3 is 6.18 Å². The third-order valence-electron chi connectivity index (χ3n) is 7.29. The van der Waals surface area contributed by atoms with Gasteiger partial charge in [0.2, 0.25) is 5.91 Å². The first kappa shape index (κ1) is 23.3. The predicted octanol–water partition coefficient (Wildman–Crippen LogP) is 2.50. The maximum atomic E-state index is 13.7. The Hall–Kier alpha value is -1.87. The number of piperidine rings is 1. The number of alkyl halides is 3. The van der Waals surface area contributed by atoms with Crippen molar-refractivity contribution in [3.63, 3.8) is 0 Å². The van der Waals surface area contributed by atoms with Gasteiger partial charge in [-0.25, -0.2) is 0 Å². The number of amides is 1. The summed E-state index contributed by atoms with van der Waals surface area (Å²) in [7, 11) is 0. The molecule has 1 saturated heterocycles. The van der Waals surface area contributed by atoms with E-state index in [4.69, 9.17) is 5.73 Å². The van der Waals surface area contributed by atoms with Crippen molar-refractivity contribution in [1.29, 1.82) is 0 Å². The second kappa shape index (κ2) is 9.17. The van der Waals surface area contributed by atoms with Crippen molar-refractivity contribution in [3.05, 3.63) is 22.9 Å². The van der Waals surface area contributed by atoms with Crippen molar-refractivity contribution in [2.24, 2.45) is 11.7 Å². The van der Waals surface area contributed by atoms with Gasteiger partial charge in [-0.1, -0.05) is 6.92 Å². The summed E-state index contributed by atoms with van der Waals surface area (Å²) in [6, 6.07) is -0.854. The number of hydrogen-bond donors (Lipinski definition) is 2. The molecule has 3 aliphatic heterocycles. The zero-order valence-electron chi connectivity index (χ0n) is 18.6. The molecule has 3 N–H and O–H groups in total. The van der Waals surface area contributed by atoms with Crippen LogP contribution in [0.5, 0.6) is 0 Å². The second-order valence-electron chi connectivity index (χ2n) is 9.89. The third-order valence-corrected chi connectivity index (χ3v) is 7.29. The molecule has 0 aromatic heterocycles. The Kier molecular flexibility index (Phi) is 6.68. The molecule has 1 saturated carbocycles. The Labute approximate surface area is 187 Å². The van der Waals surface area contributed by atoms with E-state index in [1.807, 2.05) is 4.90 Å². The van der Waals surface area contributed by atoms with E-state index in [0.717, 1.165) is 25.7 Å². The minimum Gasteiger partial charge on any atom is -0.370 e. The van der Waals surface area contributed by atoms with Crippen LogP contribution in [0.15, 0.2) is 22.9 Å². The van der Waals surface area contributed by atoms with Crippen molar-refractivity contribution >= 4 is 11.7 Å². The number of likely N-dealkylation sites (tertiary alicyclic amines) is 1. The summed E-state index contributed by atoms with van der Waals surface area (Å²) in [6.07, 6.45) is 1.49. The number of halogens is 3. The normalized spacial score (nSPS) is 28.3. The molecule has 0 radical (unpaired) electrons. The van der Waals surface area contributed by atoms with Crippen LogP contribution in [-0.2, 0) is 9.59 Å². The zero-order chi connectivity index (χ0) is 23.0. The molecule has 32 heavy (non-hydrogen) atoms. The lowest BCUT2D eigenvalue weighted by molar-refractivity contribution is -0.135. The molecule has 1 unspecified atom stereocenters. The van der Waals surface area contributed by atoms with E-state index in [-0.39, 0.29) is 42.7 Å². The third kappa shape index (κ3) is 5.03. The molecule has 0 aromatic carbocycles. The monoisotopic (exact) mass is 454 g/mol. The Morgan fingerprint density at radius 3 is 2.72 bits per heavy atom. The maximum absolute atomic E-state index is 13.7. The fourth-order valence-corrected chi connectivity index (χ4v) is 5.19. The molecule has 2 fully saturated rings. The van der Waals surface area contributed by atoms with E-state index in [0.29, 0.717) is 37.5 Å². The molecule has 0 aromatic rings. The minimum atomic E-state index is -4.41. The van der Waals surface area contributed by atoms with E-state index in [2.05, 4.69) is 12.2 Å². The fraction of sp³-hybridized carbons (Fsp3) is 0.739. The average molecular weight is 455 g/mol. The molecule has 4 rings (SSSR count). The molecule has 0 spiro atoms. The molecule has 3 heterocycles. The van der Waals surface area contributed by atoms with Gasteiger partial charge in [-0.2, -0.15) is 13.2 Å². The largest absolute Gasteiger partial charge is 0.418 e. The molecule has 0 bridgehead atoms. The lowest BCUT2D eigenvalue weighted by Crippen LogP contribution is -2.50. The summed E-state index contributed by atoms with van der Waals surface area (Å²) in [5, 5.41) is 3.01. The molecular weight excluding hydrogens is 421 g/mol. The Morgan fingerprint density at radius 2 is 2.06 bits per heavy atom. The summed E-state index contributed by atoms with van der Waals surface area (Å²) in [4.78, 5) is 28.6. The summed E-state index contributed by atoms with van der Waals surface area (Å²) >= 11 is 0. The zero-order valence-corrected chi connectivity index (χ0v) is 18.6. The standard InChI is InChI=1S/C23H33F3N4O2/c1-14-5-6-22(32)30(10-14)12-16(27)8-21(31)20-7-15-11-29(17-3-2-4-17)13-19(23(24,25)26)18(15)9-28-20/h13-14,16-17,20,28H,2-12,27H2,1H3/t14-,16+,20?/m1/s1. The first-order chi connectivity index (χ1) is 15.1. The van der Waals surface area contributed by atoms with Crippen LogP contribution in [0.4, 0.5) is 13.2 Å². The van der Waals surface area contributed by atoms with Crippen LogP contribution in [0.3, 0.4) is 0 Å². The van der Waals surface area contributed by atoms with Gasteiger partial charge in [0, 0.05) is 57.3 Å². The predicted molar refractivity (Wildman–Crippen MR) is 114 cm³/mol. The van der Waals surface area contributed by atoms with Gasteiger partial charge in [-0.05, 0) is 49.2 Å². The van der Waals surface area contributed by atoms with Gasteiger partial charge in [0.25, 0.3) is 0 Å². The molecule has 1 amide bonds. The molecule has 4 aliphatic rings. The smallest absolute Gasteiger partial charge is 0.370 e. The van der Waals surface area contributed by atoms with Gasteiger partial charge in [0.15, 0.2) is 5.78 Å². The number of ketones is 1. The molecule has 6 nitrogen and oxygen atoms in total. The molecule has 9 heteroatoms. The number of hydrogen-bond acceptors (Lipinski definition) is 5. The maximum Gasteiger partial charge on any atom is 0.418 e. The lowest BCUT2D eigenvalue weighted by atomic mass is 9.84. The first-order valence-corrected chi connectivity index (χ1v) is 11.7. The van der Waals surface area contributed by atoms with E-state index in [1.54, 1.807) is 4.90 Å². The Morgan fingerprint density at radius 1 is 1.31 bits per heavy atom. The summed E-state index contributed by atoms with van der Waals surface area (Å²) in [5.41, 5.74) is 6.61. The van der Waals surface area contributed by atoms with Crippen LogP contribution in [0.2, 0.25) is 0 Å². The van der Waals surface area contributed by atoms with E-state index in [9.17, 15) is 22.8 Å². The van der Waals surface area contributed by atoms with Crippen molar-refractivity contribution in [2.75, 3.05) is 26.2 Å². The van der Waals surface area contributed by atoms with Gasteiger partial charge in [-0.15, -0.1) is 0 Å². The summed E-state index contributed by atoms with van der Waals surface area (Å²) < 4.78 is 41.1. The fourth-order valence-electron chi connectivity index (χ4n) is 5.19.